The molecule has 1 N–H and O–H groups in total. The standard InChI is InChI=1S/C13H20O2/c1-3-5-11-10-6-4-7-13(11,15)8-12(14)9(10)2/h3,9-11,15H,1,4-8H2,2H3/t9-,10+,11+,13+/m1/s1. The summed E-state index contributed by atoms with van der Waals surface area (Å²) in [6, 6.07) is 0. The van der Waals surface area contributed by atoms with Gasteiger partial charge in [-0.3, -0.25) is 4.79 Å². The third-order valence-corrected chi connectivity index (χ3v) is 4.41. The van der Waals surface area contributed by atoms with E-state index in [4.69, 9.17) is 0 Å². The SMILES string of the molecule is C=CC[C@H]1[C@H]2CCC[C@]1(O)CC(=O)[C@@H]2C. The molecule has 2 aliphatic carbocycles. The lowest BCUT2D eigenvalue weighted by molar-refractivity contribution is -0.155. The summed E-state index contributed by atoms with van der Waals surface area (Å²) >= 11 is 0. The van der Waals surface area contributed by atoms with Gasteiger partial charge in [-0.25, -0.2) is 0 Å². The molecule has 15 heavy (non-hydrogen) atoms. The topological polar surface area (TPSA) is 37.3 Å². The van der Waals surface area contributed by atoms with E-state index in [0.29, 0.717) is 12.3 Å². The first-order valence-corrected chi connectivity index (χ1v) is 5.94. The second kappa shape index (κ2) is 3.75. The maximum Gasteiger partial charge on any atom is 0.138 e. The number of hydrogen-bond donors (Lipinski definition) is 1. The zero-order valence-corrected chi connectivity index (χ0v) is 9.41. The Kier molecular flexibility index (Phi) is 2.72. The highest BCUT2D eigenvalue weighted by atomic mass is 16.3. The largest absolute Gasteiger partial charge is 0.389 e. The first kappa shape index (κ1) is 10.9. The Bertz CT molecular complexity index is 284. The van der Waals surface area contributed by atoms with Crippen LogP contribution in [0.2, 0.25) is 0 Å². The number of ketones is 1. The maximum absolute atomic E-state index is 11.8. The Morgan fingerprint density at radius 3 is 3.07 bits per heavy atom. The van der Waals surface area contributed by atoms with Crippen LogP contribution in [0.3, 0.4) is 0 Å². The van der Waals surface area contributed by atoms with Crippen LogP contribution in [-0.4, -0.2) is 16.5 Å². The van der Waals surface area contributed by atoms with E-state index < -0.39 is 5.60 Å². The second-order valence-corrected chi connectivity index (χ2v) is 5.22. The molecule has 0 heterocycles. The fraction of sp³-hybridized carbons (Fsp3) is 0.769. The third-order valence-electron chi connectivity index (χ3n) is 4.41. The minimum absolute atomic E-state index is 0.135. The number of rotatable bonds is 2. The van der Waals surface area contributed by atoms with E-state index in [1.165, 1.54) is 0 Å². The van der Waals surface area contributed by atoms with Gasteiger partial charge in [-0.05, 0) is 31.1 Å². The molecule has 0 amide bonds. The van der Waals surface area contributed by atoms with Gasteiger partial charge in [0, 0.05) is 12.3 Å². The Morgan fingerprint density at radius 2 is 2.40 bits per heavy atom. The van der Waals surface area contributed by atoms with Gasteiger partial charge in [-0.1, -0.05) is 19.4 Å². The normalized spacial score (nSPS) is 45.2. The van der Waals surface area contributed by atoms with Gasteiger partial charge in [0.1, 0.15) is 5.78 Å². The second-order valence-electron chi connectivity index (χ2n) is 5.22. The molecule has 0 aliphatic heterocycles. The van der Waals surface area contributed by atoms with Crippen molar-refractivity contribution in [3.05, 3.63) is 12.7 Å². The predicted octanol–water partition coefficient (Wildman–Crippen LogP) is 2.32. The lowest BCUT2D eigenvalue weighted by Gasteiger charge is -2.50. The first-order valence-electron chi connectivity index (χ1n) is 5.94. The fourth-order valence-electron chi connectivity index (χ4n) is 3.52. The molecule has 0 spiro atoms. The molecule has 2 saturated carbocycles. The van der Waals surface area contributed by atoms with Gasteiger partial charge in [0.15, 0.2) is 0 Å². The van der Waals surface area contributed by atoms with Gasteiger partial charge in [0.05, 0.1) is 5.60 Å². The lowest BCUT2D eigenvalue weighted by atomic mass is 9.57. The van der Waals surface area contributed by atoms with Crippen LogP contribution in [0.5, 0.6) is 0 Å². The number of carbonyl (C=O) groups is 1. The van der Waals surface area contributed by atoms with Crippen molar-refractivity contribution in [2.75, 3.05) is 0 Å². The van der Waals surface area contributed by atoms with Crippen LogP contribution in [0, 0.1) is 17.8 Å². The van der Waals surface area contributed by atoms with Crippen molar-refractivity contribution in [2.45, 2.75) is 44.6 Å². The van der Waals surface area contributed by atoms with Gasteiger partial charge in [-0.2, -0.15) is 0 Å². The van der Waals surface area contributed by atoms with Crippen molar-refractivity contribution in [3.8, 4) is 0 Å². The predicted molar refractivity (Wildman–Crippen MR) is 59.4 cm³/mol. The van der Waals surface area contributed by atoms with Crippen LogP contribution in [-0.2, 0) is 4.79 Å². The van der Waals surface area contributed by atoms with Gasteiger partial charge < -0.3 is 5.11 Å². The summed E-state index contributed by atoms with van der Waals surface area (Å²) < 4.78 is 0. The van der Waals surface area contributed by atoms with Gasteiger partial charge in [0.25, 0.3) is 0 Å². The molecular weight excluding hydrogens is 188 g/mol. The molecule has 2 bridgehead atoms. The average molecular weight is 208 g/mol. The monoisotopic (exact) mass is 208 g/mol. The molecular formula is C13H20O2. The van der Waals surface area contributed by atoms with Crippen molar-refractivity contribution in [1.29, 1.82) is 0 Å². The number of fused-ring (bicyclic) bond motifs is 2. The van der Waals surface area contributed by atoms with E-state index in [1.807, 2.05) is 13.0 Å². The quantitative estimate of drug-likeness (QED) is 0.707. The van der Waals surface area contributed by atoms with Crippen molar-refractivity contribution in [2.24, 2.45) is 17.8 Å². The number of allylic oxidation sites excluding steroid dienone is 1. The molecule has 0 radical (unpaired) electrons. The smallest absolute Gasteiger partial charge is 0.138 e. The van der Waals surface area contributed by atoms with Crippen LogP contribution >= 0.6 is 0 Å². The van der Waals surface area contributed by atoms with Crippen molar-refractivity contribution in [1.82, 2.24) is 0 Å². The minimum atomic E-state index is -0.722. The molecule has 2 fully saturated rings. The van der Waals surface area contributed by atoms with Gasteiger partial charge in [-0.15, -0.1) is 6.58 Å². The number of Topliss-reactive ketones (excluding diaryl/α,β-unsaturated/α-hetero) is 1. The summed E-state index contributed by atoms with van der Waals surface area (Å²) in [7, 11) is 0. The zero-order chi connectivity index (χ0) is 11.1. The molecule has 2 nitrogen and oxygen atoms in total. The molecule has 0 saturated heterocycles. The van der Waals surface area contributed by atoms with Crippen LogP contribution in [0.1, 0.15) is 39.0 Å². The summed E-state index contributed by atoms with van der Waals surface area (Å²) in [6.07, 6.45) is 6.04. The highest BCUT2D eigenvalue weighted by Gasteiger charge is 2.51. The van der Waals surface area contributed by atoms with E-state index in [1.54, 1.807) is 0 Å². The van der Waals surface area contributed by atoms with Crippen molar-refractivity contribution in [3.63, 3.8) is 0 Å². The molecule has 2 heteroatoms. The molecule has 2 rings (SSSR count). The number of carbonyl (C=O) groups excluding carboxylic acids is 1. The van der Waals surface area contributed by atoms with E-state index in [2.05, 4.69) is 6.58 Å². The molecule has 84 valence electrons. The first-order chi connectivity index (χ1) is 7.08. The van der Waals surface area contributed by atoms with Crippen LogP contribution < -0.4 is 0 Å². The third kappa shape index (κ3) is 1.65. The van der Waals surface area contributed by atoms with Crippen molar-refractivity contribution < 1.29 is 9.90 Å². The number of aliphatic hydroxyl groups is 1. The van der Waals surface area contributed by atoms with Crippen LogP contribution in [0.15, 0.2) is 12.7 Å². The summed E-state index contributed by atoms with van der Waals surface area (Å²) in [5.74, 6) is 1.03. The highest BCUT2D eigenvalue weighted by Crippen LogP contribution is 2.49. The molecule has 0 aromatic rings. The van der Waals surface area contributed by atoms with E-state index in [0.717, 1.165) is 25.7 Å². The fourth-order valence-corrected chi connectivity index (χ4v) is 3.52. The zero-order valence-electron chi connectivity index (χ0n) is 9.41. The van der Waals surface area contributed by atoms with Crippen LogP contribution in [0.25, 0.3) is 0 Å². The summed E-state index contributed by atoms with van der Waals surface area (Å²) in [6.45, 7) is 5.78. The lowest BCUT2D eigenvalue weighted by Crippen LogP contribution is -2.54. The van der Waals surface area contributed by atoms with Crippen LogP contribution in [0.4, 0.5) is 0 Å². The number of hydrogen-bond acceptors (Lipinski definition) is 2. The van der Waals surface area contributed by atoms with Crippen molar-refractivity contribution >= 4 is 5.78 Å². The summed E-state index contributed by atoms with van der Waals surface area (Å²) in [5.41, 5.74) is -0.722. The minimum Gasteiger partial charge on any atom is -0.389 e. The maximum atomic E-state index is 11.8. The summed E-state index contributed by atoms with van der Waals surface area (Å²) in [4.78, 5) is 11.8. The Balaban J connectivity index is 2.28. The van der Waals surface area contributed by atoms with Gasteiger partial charge >= 0.3 is 0 Å². The molecule has 0 unspecified atom stereocenters. The highest BCUT2D eigenvalue weighted by molar-refractivity contribution is 5.83. The summed E-state index contributed by atoms with van der Waals surface area (Å²) in [5, 5.41) is 10.5. The Hall–Kier alpha value is -0.630. The van der Waals surface area contributed by atoms with Gasteiger partial charge in [0.2, 0.25) is 0 Å². The van der Waals surface area contributed by atoms with E-state index >= 15 is 0 Å². The molecule has 0 aromatic heterocycles. The van der Waals surface area contributed by atoms with E-state index in [-0.39, 0.29) is 17.6 Å². The van der Waals surface area contributed by atoms with E-state index in [9.17, 15) is 9.90 Å². The molecule has 2 aliphatic rings. The Labute approximate surface area is 91.4 Å². The average Bonchev–Trinajstić information content (AvgIpc) is 2.18. The Morgan fingerprint density at radius 1 is 1.67 bits per heavy atom. The molecule has 4 atom stereocenters. The molecule has 0 aromatic carbocycles.